The molecule has 1 aromatic heterocycles. The normalized spacial score (nSPS) is 16.2. The zero-order valence-corrected chi connectivity index (χ0v) is 12.5. The monoisotopic (exact) mass is 297 g/mol. The first-order valence-corrected chi connectivity index (χ1v) is 7.06. The SMILES string of the molecule is CC1(C)CN(c2ncc(C#N)cc2F)Cc2ccccc2O1. The van der Waals surface area contributed by atoms with Crippen molar-refractivity contribution in [2.24, 2.45) is 0 Å². The number of pyridine rings is 1. The van der Waals surface area contributed by atoms with Crippen LogP contribution in [0, 0.1) is 17.1 Å². The summed E-state index contributed by atoms with van der Waals surface area (Å²) in [4.78, 5) is 5.98. The minimum Gasteiger partial charge on any atom is -0.486 e. The summed E-state index contributed by atoms with van der Waals surface area (Å²) in [5.41, 5.74) is 0.722. The van der Waals surface area contributed by atoms with Crippen molar-refractivity contribution in [3.05, 3.63) is 53.5 Å². The molecule has 0 N–H and O–H groups in total. The molecule has 4 nitrogen and oxygen atoms in total. The number of rotatable bonds is 1. The lowest BCUT2D eigenvalue weighted by atomic mass is 10.1. The number of halogens is 1. The van der Waals surface area contributed by atoms with E-state index in [1.54, 1.807) is 0 Å². The molecule has 112 valence electrons. The second-order valence-electron chi connectivity index (χ2n) is 5.97. The van der Waals surface area contributed by atoms with Gasteiger partial charge in [-0.2, -0.15) is 5.26 Å². The van der Waals surface area contributed by atoms with E-state index < -0.39 is 11.4 Å². The van der Waals surface area contributed by atoms with Gasteiger partial charge in [0.2, 0.25) is 0 Å². The molecule has 1 aliphatic heterocycles. The zero-order chi connectivity index (χ0) is 15.7. The van der Waals surface area contributed by atoms with Crippen molar-refractivity contribution in [2.75, 3.05) is 11.4 Å². The quantitative estimate of drug-likeness (QED) is 0.810. The van der Waals surface area contributed by atoms with Gasteiger partial charge in [0.05, 0.1) is 12.1 Å². The van der Waals surface area contributed by atoms with Crippen molar-refractivity contribution in [3.63, 3.8) is 0 Å². The number of ether oxygens (including phenoxy) is 1. The van der Waals surface area contributed by atoms with Crippen molar-refractivity contribution in [1.29, 1.82) is 5.26 Å². The molecule has 1 aliphatic rings. The predicted molar refractivity (Wildman–Crippen MR) is 81.1 cm³/mol. The van der Waals surface area contributed by atoms with Gasteiger partial charge in [-0.25, -0.2) is 9.37 Å². The molecule has 0 unspecified atom stereocenters. The van der Waals surface area contributed by atoms with E-state index >= 15 is 0 Å². The zero-order valence-electron chi connectivity index (χ0n) is 12.5. The van der Waals surface area contributed by atoms with Gasteiger partial charge in [0.25, 0.3) is 0 Å². The molecule has 0 atom stereocenters. The Kier molecular flexibility index (Phi) is 3.45. The van der Waals surface area contributed by atoms with Crippen LogP contribution >= 0.6 is 0 Å². The van der Waals surface area contributed by atoms with Gasteiger partial charge in [-0.05, 0) is 26.0 Å². The minimum absolute atomic E-state index is 0.215. The van der Waals surface area contributed by atoms with E-state index in [0.717, 1.165) is 11.3 Å². The van der Waals surface area contributed by atoms with Crippen LogP contribution in [-0.4, -0.2) is 17.1 Å². The van der Waals surface area contributed by atoms with Crippen LogP contribution in [0.25, 0.3) is 0 Å². The summed E-state index contributed by atoms with van der Waals surface area (Å²) < 4.78 is 20.3. The van der Waals surface area contributed by atoms with Crippen molar-refractivity contribution in [2.45, 2.75) is 26.0 Å². The fourth-order valence-electron chi connectivity index (χ4n) is 2.66. The lowest BCUT2D eigenvalue weighted by molar-refractivity contribution is 0.121. The summed E-state index contributed by atoms with van der Waals surface area (Å²) in [5.74, 6) is 0.561. The van der Waals surface area contributed by atoms with Gasteiger partial charge in [-0.3, -0.25) is 0 Å². The van der Waals surface area contributed by atoms with E-state index in [1.807, 2.05) is 49.1 Å². The minimum atomic E-state index is -0.491. The Balaban J connectivity index is 2.02. The number of aromatic nitrogens is 1. The van der Waals surface area contributed by atoms with Crippen LogP contribution in [0.2, 0.25) is 0 Å². The number of anilines is 1. The Morgan fingerprint density at radius 3 is 2.86 bits per heavy atom. The summed E-state index contributed by atoms with van der Waals surface area (Å²) in [6, 6.07) is 10.8. The Labute approximate surface area is 128 Å². The summed E-state index contributed by atoms with van der Waals surface area (Å²) in [6.45, 7) is 4.93. The largest absolute Gasteiger partial charge is 0.486 e. The van der Waals surface area contributed by atoms with Gasteiger partial charge in [0, 0.05) is 18.3 Å². The molecule has 5 heteroatoms. The average Bonchev–Trinajstić information content (AvgIpc) is 2.61. The molecule has 2 heterocycles. The Morgan fingerprint density at radius 1 is 1.36 bits per heavy atom. The molecule has 0 amide bonds. The molecule has 3 rings (SSSR count). The van der Waals surface area contributed by atoms with Crippen LogP contribution in [0.1, 0.15) is 25.0 Å². The molecule has 0 bridgehead atoms. The van der Waals surface area contributed by atoms with E-state index in [9.17, 15) is 4.39 Å². The number of hydrogen-bond acceptors (Lipinski definition) is 4. The van der Waals surface area contributed by atoms with Crippen LogP contribution in [0.4, 0.5) is 10.2 Å². The maximum atomic E-state index is 14.3. The van der Waals surface area contributed by atoms with E-state index in [0.29, 0.717) is 13.1 Å². The molecule has 22 heavy (non-hydrogen) atoms. The van der Waals surface area contributed by atoms with Gasteiger partial charge in [-0.15, -0.1) is 0 Å². The highest BCUT2D eigenvalue weighted by Gasteiger charge is 2.30. The average molecular weight is 297 g/mol. The maximum Gasteiger partial charge on any atom is 0.166 e. The third kappa shape index (κ3) is 2.73. The van der Waals surface area contributed by atoms with Gasteiger partial charge < -0.3 is 9.64 Å². The molecule has 0 saturated heterocycles. The number of fused-ring (bicyclic) bond motifs is 1. The predicted octanol–water partition coefficient (Wildman–Crippen LogP) is 3.27. The van der Waals surface area contributed by atoms with Crippen molar-refractivity contribution < 1.29 is 9.13 Å². The van der Waals surface area contributed by atoms with Gasteiger partial charge in [0.15, 0.2) is 11.6 Å². The number of hydrogen-bond donors (Lipinski definition) is 0. The molecule has 0 fully saturated rings. The molecule has 0 aliphatic carbocycles. The summed E-state index contributed by atoms with van der Waals surface area (Å²) in [7, 11) is 0. The first kappa shape index (κ1) is 14.3. The van der Waals surface area contributed by atoms with E-state index in [2.05, 4.69) is 4.98 Å². The first-order chi connectivity index (χ1) is 10.5. The third-order valence-corrected chi connectivity index (χ3v) is 3.54. The fraction of sp³-hybridized carbons (Fsp3) is 0.294. The highest BCUT2D eigenvalue weighted by atomic mass is 19.1. The van der Waals surface area contributed by atoms with Crippen LogP contribution < -0.4 is 9.64 Å². The molecule has 2 aromatic rings. The number of benzene rings is 1. The maximum absolute atomic E-state index is 14.3. The first-order valence-electron chi connectivity index (χ1n) is 7.06. The van der Waals surface area contributed by atoms with Crippen LogP contribution in [0.5, 0.6) is 5.75 Å². The summed E-state index contributed by atoms with van der Waals surface area (Å²) >= 11 is 0. The second kappa shape index (κ2) is 5.30. The molecule has 1 aromatic carbocycles. The van der Waals surface area contributed by atoms with E-state index in [4.69, 9.17) is 10.00 Å². The van der Waals surface area contributed by atoms with E-state index in [1.165, 1.54) is 12.3 Å². The fourth-order valence-corrected chi connectivity index (χ4v) is 2.66. The Morgan fingerprint density at radius 2 is 2.14 bits per heavy atom. The Bertz CT molecular complexity index is 752. The highest BCUT2D eigenvalue weighted by molar-refractivity contribution is 5.47. The van der Waals surface area contributed by atoms with Crippen LogP contribution in [0.15, 0.2) is 36.5 Å². The van der Waals surface area contributed by atoms with Crippen molar-refractivity contribution in [1.82, 2.24) is 4.98 Å². The molecular weight excluding hydrogens is 281 g/mol. The molecule has 0 radical (unpaired) electrons. The Hall–Kier alpha value is -2.61. The number of para-hydroxylation sites is 1. The topological polar surface area (TPSA) is 49.2 Å². The van der Waals surface area contributed by atoms with Crippen LogP contribution in [-0.2, 0) is 6.54 Å². The van der Waals surface area contributed by atoms with Gasteiger partial charge in [-0.1, -0.05) is 18.2 Å². The lowest BCUT2D eigenvalue weighted by Crippen LogP contribution is -2.41. The second-order valence-corrected chi connectivity index (χ2v) is 5.97. The molecule has 0 saturated carbocycles. The third-order valence-electron chi connectivity index (χ3n) is 3.54. The highest BCUT2D eigenvalue weighted by Crippen LogP contribution is 2.32. The summed E-state index contributed by atoms with van der Waals surface area (Å²) in [6.07, 6.45) is 1.39. The summed E-state index contributed by atoms with van der Waals surface area (Å²) in [5, 5.41) is 8.83. The van der Waals surface area contributed by atoms with Gasteiger partial charge in [0.1, 0.15) is 17.4 Å². The smallest absolute Gasteiger partial charge is 0.166 e. The standard InChI is InChI=1S/C17H16FN3O/c1-17(2)11-21(10-13-5-3-4-6-15(13)22-17)16-14(18)7-12(8-19)9-20-16/h3-7,9H,10-11H2,1-2H3. The van der Waals surface area contributed by atoms with Crippen molar-refractivity contribution in [3.8, 4) is 11.8 Å². The molecular formula is C17H16FN3O. The number of nitriles is 1. The lowest BCUT2D eigenvalue weighted by Gasteiger charge is -2.30. The van der Waals surface area contributed by atoms with Crippen LogP contribution in [0.3, 0.4) is 0 Å². The van der Waals surface area contributed by atoms with Gasteiger partial charge >= 0.3 is 0 Å². The molecule has 0 spiro atoms. The van der Waals surface area contributed by atoms with Crippen molar-refractivity contribution >= 4 is 5.82 Å². The van der Waals surface area contributed by atoms with E-state index in [-0.39, 0.29) is 11.4 Å². The number of nitrogens with zero attached hydrogens (tertiary/aromatic N) is 3.